The average Bonchev–Trinajstić information content (AvgIpc) is 2.75. The van der Waals surface area contributed by atoms with E-state index in [0.717, 1.165) is 23.9 Å². The van der Waals surface area contributed by atoms with E-state index in [0.29, 0.717) is 11.6 Å². The quantitative estimate of drug-likeness (QED) is 0.707. The Morgan fingerprint density at radius 3 is 2.56 bits per heavy atom. The Labute approximate surface area is 103 Å². The predicted molar refractivity (Wildman–Crippen MR) is 70.1 cm³/mol. The summed E-state index contributed by atoms with van der Waals surface area (Å²) in [5, 5.41) is 0. The standard InChI is InChI=1S/C13H15N3O2/c1-16(2)8-5-7-3-4-10-11(9(7)6-8)15-13(18)12(17)14-10/h3-4,8H,5-6H2,1-2H3,(H,14,17)(H,15,18). The minimum atomic E-state index is -0.593. The van der Waals surface area contributed by atoms with Crippen LogP contribution in [0.3, 0.4) is 0 Å². The molecule has 1 atom stereocenters. The number of nitrogens with one attached hydrogen (secondary N) is 2. The summed E-state index contributed by atoms with van der Waals surface area (Å²) >= 11 is 0. The minimum Gasteiger partial charge on any atom is -0.316 e. The van der Waals surface area contributed by atoms with Crippen molar-refractivity contribution in [3.63, 3.8) is 0 Å². The van der Waals surface area contributed by atoms with Crippen molar-refractivity contribution < 1.29 is 0 Å². The fraction of sp³-hybridized carbons (Fsp3) is 0.385. The number of likely N-dealkylation sites (N-methyl/N-ethyl adjacent to an activating group) is 1. The lowest BCUT2D eigenvalue weighted by molar-refractivity contribution is 0.304. The highest BCUT2D eigenvalue weighted by atomic mass is 16.2. The van der Waals surface area contributed by atoms with Gasteiger partial charge in [0.05, 0.1) is 11.0 Å². The van der Waals surface area contributed by atoms with E-state index in [1.54, 1.807) is 0 Å². The highest BCUT2D eigenvalue weighted by molar-refractivity contribution is 5.79. The van der Waals surface area contributed by atoms with Gasteiger partial charge in [-0.1, -0.05) is 6.07 Å². The molecule has 94 valence electrons. The number of benzene rings is 1. The molecule has 1 aromatic heterocycles. The molecule has 5 heteroatoms. The molecular weight excluding hydrogens is 230 g/mol. The number of H-pyrrole nitrogens is 2. The van der Waals surface area contributed by atoms with Crippen molar-refractivity contribution >= 4 is 11.0 Å². The fourth-order valence-corrected chi connectivity index (χ4v) is 2.64. The van der Waals surface area contributed by atoms with Gasteiger partial charge in [-0.2, -0.15) is 0 Å². The zero-order valence-corrected chi connectivity index (χ0v) is 10.4. The summed E-state index contributed by atoms with van der Waals surface area (Å²) in [4.78, 5) is 30.2. The molecule has 0 radical (unpaired) electrons. The van der Waals surface area contributed by atoms with Gasteiger partial charge in [-0.15, -0.1) is 0 Å². The van der Waals surface area contributed by atoms with Gasteiger partial charge in [0, 0.05) is 6.04 Å². The number of aromatic amines is 2. The summed E-state index contributed by atoms with van der Waals surface area (Å²) in [7, 11) is 4.12. The monoisotopic (exact) mass is 245 g/mol. The van der Waals surface area contributed by atoms with Gasteiger partial charge in [0.15, 0.2) is 0 Å². The smallest absolute Gasteiger partial charge is 0.314 e. The van der Waals surface area contributed by atoms with Gasteiger partial charge in [-0.25, -0.2) is 0 Å². The molecule has 0 amide bonds. The van der Waals surface area contributed by atoms with E-state index in [2.05, 4.69) is 29.0 Å². The van der Waals surface area contributed by atoms with Crippen molar-refractivity contribution in [1.29, 1.82) is 0 Å². The Morgan fingerprint density at radius 1 is 1.11 bits per heavy atom. The number of hydrogen-bond donors (Lipinski definition) is 2. The average molecular weight is 245 g/mol. The first kappa shape index (κ1) is 11.2. The lowest BCUT2D eigenvalue weighted by Gasteiger charge is -2.17. The molecule has 3 rings (SSSR count). The van der Waals surface area contributed by atoms with Crippen LogP contribution in [0.25, 0.3) is 11.0 Å². The third-order valence-corrected chi connectivity index (χ3v) is 3.73. The summed E-state index contributed by atoms with van der Waals surface area (Å²) < 4.78 is 0. The van der Waals surface area contributed by atoms with Crippen molar-refractivity contribution in [1.82, 2.24) is 14.9 Å². The lowest BCUT2D eigenvalue weighted by atomic mass is 10.1. The molecule has 0 saturated carbocycles. The zero-order valence-electron chi connectivity index (χ0n) is 10.4. The molecule has 1 unspecified atom stereocenters. The third-order valence-electron chi connectivity index (χ3n) is 3.73. The molecule has 2 N–H and O–H groups in total. The minimum absolute atomic E-state index is 0.459. The zero-order chi connectivity index (χ0) is 12.9. The fourth-order valence-electron chi connectivity index (χ4n) is 2.64. The third kappa shape index (κ3) is 1.59. The SMILES string of the molecule is CN(C)C1Cc2ccc3[nH]c(=O)c(=O)[nH]c3c2C1. The molecule has 0 aliphatic heterocycles. The summed E-state index contributed by atoms with van der Waals surface area (Å²) in [6.07, 6.45) is 1.89. The van der Waals surface area contributed by atoms with Gasteiger partial charge >= 0.3 is 11.1 Å². The van der Waals surface area contributed by atoms with Gasteiger partial charge in [-0.3, -0.25) is 9.59 Å². The van der Waals surface area contributed by atoms with Gasteiger partial charge in [0.2, 0.25) is 0 Å². The van der Waals surface area contributed by atoms with Crippen LogP contribution in [0.15, 0.2) is 21.7 Å². The first-order valence-electron chi connectivity index (χ1n) is 6.00. The van der Waals surface area contributed by atoms with E-state index < -0.39 is 11.1 Å². The van der Waals surface area contributed by atoms with Crippen LogP contribution in [0.2, 0.25) is 0 Å². The van der Waals surface area contributed by atoms with Crippen molar-refractivity contribution in [2.45, 2.75) is 18.9 Å². The van der Waals surface area contributed by atoms with Gasteiger partial charge < -0.3 is 14.9 Å². The van der Waals surface area contributed by atoms with Gasteiger partial charge in [0.25, 0.3) is 0 Å². The Hall–Kier alpha value is -1.88. The number of hydrogen-bond acceptors (Lipinski definition) is 3. The molecule has 0 bridgehead atoms. The summed E-state index contributed by atoms with van der Waals surface area (Å²) in [6, 6.07) is 4.36. The second kappa shape index (κ2) is 3.81. The van der Waals surface area contributed by atoms with Gasteiger partial charge in [-0.05, 0) is 44.1 Å². The number of aromatic nitrogens is 2. The molecule has 2 aromatic rings. The molecule has 5 nitrogen and oxygen atoms in total. The van der Waals surface area contributed by atoms with Crippen LogP contribution in [-0.4, -0.2) is 35.0 Å². The number of rotatable bonds is 1. The van der Waals surface area contributed by atoms with E-state index in [4.69, 9.17) is 0 Å². The maximum Gasteiger partial charge on any atom is 0.314 e. The summed E-state index contributed by atoms with van der Waals surface area (Å²) in [6.45, 7) is 0. The number of fused-ring (bicyclic) bond motifs is 3. The Balaban J connectivity index is 2.24. The van der Waals surface area contributed by atoms with Crippen LogP contribution in [0.4, 0.5) is 0 Å². The molecule has 0 fully saturated rings. The van der Waals surface area contributed by atoms with Crippen molar-refractivity contribution in [2.75, 3.05) is 14.1 Å². The normalized spacial score (nSPS) is 18.5. The molecule has 18 heavy (non-hydrogen) atoms. The Bertz CT molecular complexity index is 727. The molecule has 0 saturated heterocycles. The molecule has 1 heterocycles. The lowest BCUT2D eigenvalue weighted by Crippen LogP contribution is -2.29. The van der Waals surface area contributed by atoms with Crippen LogP contribution < -0.4 is 11.1 Å². The summed E-state index contributed by atoms with van der Waals surface area (Å²) in [5.74, 6) is 0. The van der Waals surface area contributed by atoms with E-state index in [9.17, 15) is 9.59 Å². The molecular formula is C13H15N3O2. The summed E-state index contributed by atoms with van der Waals surface area (Å²) in [5.41, 5.74) is 2.72. The largest absolute Gasteiger partial charge is 0.316 e. The Morgan fingerprint density at radius 2 is 1.83 bits per heavy atom. The maximum atomic E-state index is 11.4. The number of nitrogens with zero attached hydrogens (tertiary/aromatic N) is 1. The van der Waals surface area contributed by atoms with Crippen molar-refractivity contribution in [2.24, 2.45) is 0 Å². The second-order valence-corrected chi connectivity index (χ2v) is 5.06. The molecule has 1 aliphatic carbocycles. The van der Waals surface area contributed by atoms with E-state index in [1.165, 1.54) is 5.56 Å². The van der Waals surface area contributed by atoms with E-state index in [1.807, 2.05) is 12.1 Å². The predicted octanol–water partition coefficient (Wildman–Crippen LogP) is 0.245. The van der Waals surface area contributed by atoms with Crippen LogP contribution >= 0.6 is 0 Å². The molecule has 1 aromatic carbocycles. The van der Waals surface area contributed by atoms with Crippen LogP contribution in [0, 0.1) is 0 Å². The highest BCUT2D eigenvalue weighted by Gasteiger charge is 2.25. The van der Waals surface area contributed by atoms with Crippen LogP contribution in [0.1, 0.15) is 11.1 Å². The maximum absolute atomic E-state index is 11.4. The molecule has 1 aliphatic rings. The van der Waals surface area contributed by atoms with E-state index in [-0.39, 0.29) is 0 Å². The van der Waals surface area contributed by atoms with E-state index >= 15 is 0 Å². The van der Waals surface area contributed by atoms with Crippen molar-refractivity contribution in [3.8, 4) is 0 Å². The topological polar surface area (TPSA) is 69.0 Å². The van der Waals surface area contributed by atoms with Crippen LogP contribution in [-0.2, 0) is 12.8 Å². The molecule has 0 spiro atoms. The van der Waals surface area contributed by atoms with Gasteiger partial charge in [0.1, 0.15) is 0 Å². The van der Waals surface area contributed by atoms with Crippen LogP contribution in [0.5, 0.6) is 0 Å². The first-order valence-corrected chi connectivity index (χ1v) is 6.00. The highest BCUT2D eigenvalue weighted by Crippen LogP contribution is 2.28. The second-order valence-electron chi connectivity index (χ2n) is 5.06. The Kier molecular flexibility index (Phi) is 2.38. The van der Waals surface area contributed by atoms with Crippen molar-refractivity contribution in [3.05, 3.63) is 44.0 Å². The first-order chi connectivity index (χ1) is 8.56.